The van der Waals surface area contributed by atoms with Gasteiger partial charge in [0.2, 0.25) is 5.82 Å². The zero-order chi connectivity index (χ0) is 11.7. The highest BCUT2D eigenvalue weighted by Gasteiger charge is 2.22. The largest absolute Gasteiger partial charge is 0.336 e. The Morgan fingerprint density at radius 3 is 2.82 bits per heavy atom. The van der Waals surface area contributed by atoms with Gasteiger partial charge in [-0.25, -0.2) is 9.50 Å². The number of hydrogen-bond acceptors (Lipinski definition) is 4. The molecular formula is C11H13N5O. The molecule has 2 aromatic rings. The molecule has 3 rings (SSSR count). The number of rotatable bonds is 1. The van der Waals surface area contributed by atoms with E-state index in [2.05, 4.69) is 15.1 Å². The van der Waals surface area contributed by atoms with Crippen LogP contribution in [0.4, 0.5) is 0 Å². The molecule has 1 aliphatic rings. The van der Waals surface area contributed by atoms with Crippen molar-refractivity contribution in [3.05, 3.63) is 24.3 Å². The molecule has 1 amide bonds. The predicted octanol–water partition coefficient (Wildman–Crippen LogP) is 0.750. The molecular weight excluding hydrogens is 218 g/mol. The van der Waals surface area contributed by atoms with Gasteiger partial charge in [-0.05, 0) is 25.3 Å². The van der Waals surface area contributed by atoms with Gasteiger partial charge in [0, 0.05) is 25.5 Å². The molecule has 0 unspecified atom stereocenters. The Balaban J connectivity index is 1.89. The van der Waals surface area contributed by atoms with Crippen LogP contribution in [0, 0.1) is 0 Å². The molecule has 0 aromatic carbocycles. The van der Waals surface area contributed by atoms with Crippen molar-refractivity contribution < 1.29 is 4.79 Å². The predicted molar refractivity (Wildman–Crippen MR) is 60.5 cm³/mol. The van der Waals surface area contributed by atoms with Crippen LogP contribution < -0.4 is 0 Å². The van der Waals surface area contributed by atoms with E-state index in [1.165, 1.54) is 10.9 Å². The fourth-order valence-corrected chi connectivity index (χ4v) is 2.06. The summed E-state index contributed by atoms with van der Waals surface area (Å²) in [6, 6.07) is 1.76. The van der Waals surface area contributed by atoms with Crippen LogP contribution >= 0.6 is 0 Å². The second-order valence-electron chi connectivity index (χ2n) is 4.15. The number of nitrogens with zero attached hydrogens (tertiary/aromatic N) is 5. The third kappa shape index (κ3) is 1.86. The molecule has 0 atom stereocenters. The molecule has 6 nitrogen and oxygen atoms in total. The van der Waals surface area contributed by atoms with Crippen molar-refractivity contribution in [2.45, 2.75) is 19.3 Å². The van der Waals surface area contributed by atoms with Crippen LogP contribution in [0.3, 0.4) is 0 Å². The van der Waals surface area contributed by atoms with E-state index < -0.39 is 0 Å². The van der Waals surface area contributed by atoms with Gasteiger partial charge in [-0.2, -0.15) is 4.98 Å². The zero-order valence-electron chi connectivity index (χ0n) is 9.41. The van der Waals surface area contributed by atoms with Crippen molar-refractivity contribution in [1.82, 2.24) is 24.5 Å². The van der Waals surface area contributed by atoms with E-state index >= 15 is 0 Å². The van der Waals surface area contributed by atoms with Gasteiger partial charge in [-0.1, -0.05) is 0 Å². The van der Waals surface area contributed by atoms with Crippen molar-refractivity contribution in [3.63, 3.8) is 0 Å². The number of aromatic nitrogens is 4. The van der Waals surface area contributed by atoms with Gasteiger partial charge >= 0.3 is 0 Å². The Morgan fingerprint density at radius 2 is 2.06 bits per heavy atom. The van der Waals surface area contributed by atoms with Gasteiger partial charge < -0.3 is 4.90 Å². The molecule has 0 N–H and O–H groups in total. The van der Waals surface area contributed by atoms with E-state index in [9.17, 15) is 4.79 Å². The summed E-state index contributed by atoms with van der Waals surface area (Å²) in [4.78, 5) is 22.1. The van der Waals surface area contributed by atoms with Gasteiger partial charge in [0.05, 0.1) is 0 Å². The normalized spacial score (nSPS) is 16.4. The number of piperidine rings is 1. The molecule has 3 heterocycles. The van der Waals surface area contributed by atoms with E-state index in [0.29, 0.717) is 5.78 Å². The number of fused-ring (bicyclic) bond motifs is 1. The summed E-state index contributed by atoms with van der Waals surface area (Å²) in [5.41, 5.74) is 0. The molecule has 0 bridgehead atoms. The lowest BCUT2D eigenvalue weighted by Crippen LogP contribution is -2.36. The van der Waals surface area contributed by atoms with E-state index in [0.717, 1.165) is 25.9 Å². The average molecular weight is 231 g/mol. The third-order valence-corrected chi connectivity index (χ3v) is 2.95. The van der Waals surface area contributed by atoms with Crippen LogP contribution in [0.5, 0.6) is 0 Å². The minimum atomic E-state index is -0.0878. The maximum absolute atomic E-state index is 12.1. The number of carbonyl (C=O) groups is 1. The minimum absolute atomic E-state index is 0.0878. The van der Waals surface area contributed by atoms with Gasteiger partial charge in [0.15, 0.2) is 0 Å². The van der Waals surface area contributed by atoms with E-state index in [-0.39, 0.29) is 11.7 Å². The lowest BCUT2D eigenvalue weighted by atomic mass is 10.1. The molecule has 0 radical (unpaired) electrons. The Labute approximate surface area is 98.3 Å². The first-order valence-corrected chi connectivity index (χ1v) is 5.81. The molecule has 6 heteroatoms. The van der Waals surface area contributed by atoms with E-state index in [1.54, 1.807) is 18.5 Å². The molecule has 88 valence electrons. The van der Waals surface area contributed by atoms with E-state index in [4.69, 9.17) is 0 Å². The topological polar surface area (TPSA) is 63.4 Å². The molecule has 0 spiro atoms. The monoisotopic (exact) mass is 231 g/mol. The first-order valence-electron chi connectivity index (χ1n) is 5.81. The summed E-state index contributed by atoms with van der Waals surface area (Å²) in [5, 5.41) is 4.14. The quantitative estimate of drug-likeness (QED) is 0.726. The molecule has 17 heavy (non-hydrogen) atoms. The van der Waals surface area contributed by atoms with Crippen LogP contribution in [0.1, 0.15) is 29.9 Å². The molecule has 2 aromatic heterocycles. The molecule has 0 aliphatic carbocycles. The summed E-state index contributed by atoms with van der Waals surface area (Å²) in [5.74, 6) is 0.619. The van der Waals surface area contributed by atoms with Crippen molar-refractivity contribution in [2.24, 2.45) is 0 Å². The van der Waals surface area contributed by atoms with E-state index in [1.807, 2.05) is 4.90 Å². The van der Waals surface area contributed by atoms with Gasteiger partial charge in [0.1, 0.15) is 0 Å². The Morgan fingerprint density at radius 1 is 1.24 bits per heavy atom. The zero-order valence-corrected chi connectivity index (χ0v) is 9.41. The standard InChI is InChI=1S/C11H13N5O/c17-10(15-6-2-1-3-7-15)9-13-11-12-5-4-8-16(11)14-9/h4-5,8H,1-3,6-7H2. The van der Waals surface area contributed by atoms with Crippen LogP contribution in [0.15, 0.2) is 18.5 Å². The van der Waals surface area contributed by atoms with Gasteiger partial charge in [-0.3, -0.25) is 4.79 Å². The number of likely N-dealkylation sites (tertiary alicyclic amines) is 1. The second kappa shape index (κ2) is 4.12. The highest BCUT2D eigenvalue weighted by atomic mass is 16.2. The fourth-order valence-electron chi connectivity index (χ4n) is 2.06. The maximum Gasteiger partial charge on any atom is 0.293 e. The van der Waals surface area contributed by atoms with Crippen molar-refractivity contribution >= 4 is 11.7 Å². The van der Waals surface area contributed by atoms with Crippen LogP contribution in [0.2, 0.25) is 0 Å². The number of carbonyl (C=O) groups excluding carboxylic acids is 1. The van der Waals surface area contributed by atoms with Crippen LogP contribution in [-0.4, -0.2) is 43.5 Å². The van der Waals surface area contributed by atoms with Crippen molar-refractivity contribution in [2.75, 3.05) is 13.1 Å². The smallest absolute Gasteiger partial charge is 0.293 e. The summed E-state index contributed by atoms with van der Waals surface area (Å²) in [6.07, 6.45) is 6.71. The third-order valence-electron chi connectivity index (χ3n) is 2.95. The SMILES string of the molecule is O=C(c1nc2ncccn2n1)N1CCCCC1. The Kier molecular flexibility index (Phi) is 2.47. The first-order chi connectivity index (χ1) is 8.34. The highest BCUT2D eigenvalue weighted by Crippen LogP contribution is 2.11. The summed E-state index contributed by atoms with van der Waals surface area (Å²) in [6.45, 7) is 1.61. The van der Waals surface area contributed by atoms with Crippen molar-refractivity contribution in [3.8, 4) is 0 Å². The van der Waals surface area contributed by atoms with Gasteiger partial charge in [0.25, 0.3) is 11.7 Å². The maximum atomic E-state index is 12.1. The summed E-state index contributed by atoms with van der Waals surface area (Å²) in [7, 11) is 0. The lowest BCUT2D eigenvalue weighted by molar-refractivity contribution is 0.0712. The first kappa shape index (κ1) is 10.2. The number of amides is 1. The summed E-state index contributed by atoms with van der Waals surface area (Å²) < 4.78 is 1.52. The lowest BCUT2D eigenvalue weighted by Gasteiger charge is -2.25. The molecule has 0 saturated carbocycles. The highest BCUT2D eigenvalue weighted by molar-refractivity contribution is 5.90. The summed E-state index contributed by atoms with van der Waals surface area (Å²) >= 11 is 0. The van der Waals surface area contributed by atoms with Crippen LogP contribution in [0.25, 0.3) is 5.78 Å². The van der Waals surface area contributed by atoms with Crippen LogP contribution in [-0.2, 0) is 0 Å². The molecule has 1 fully saturated rings. The van der Waals surface area contributed by atoms with Gasteiger partial charge in [-0.15, -0.1) is 5.10 Å². The Hall–Kier alpha value is -1.98. The number of hydrogen-bond donors (Lipinski definition) is 0. The molecule has 1 aliphatic heterocycles. The minimum Gasteiger partial charge on any atom is -0.336 e. The Bertz CT molecular complexity index is 511. The van der Waals surface area contributed by atoms with Crippen molar-refractivity contribution in [1.29, 1.82) is 0 Å². The fraction of sp³-hybridized carbons (Fsp3) is 0.455. The average Bonchev–Trinajstić information content (AvgIpc) is 2.82. The second-order valence-corrected chi connectivity index (χ2v) is 4.15. The molecule has 1 saturated heterocycles.